The molecule has 0 spiro atoms. The zero-order valence-electron chi connectivity index (χ0n) is 10.2. The fraction of sp³-hybridized carbons (Fsp3) is 0.571. The van der Waals surface area contributed by atoms with Crippen molar-refractivity contribution in [1.82, 2.24) is 5.32 Å². The van der Waals surface area contributed by atoms with Crippen LogP contribution in [0.2, 0.25) is 0 Å². The lowest BCUT2D eigenvalue weighted by Crippen LogP contribution is -2.56. The number of halogens is 2. The summed E-state index contributed by atoms with van der Waals surface area (Å²) in [6, 6.07) is 3.73. The fourth-order valence-corrected chi connectivity index (χ4v) is 3.14. The number of piperidine rings is 1. The summed E-state index contributed by atoms with van der Waals surface area (Å²) in [5.74, 6) is -0.358. The summed E-state index contributed by atoms with van der Waals surface area (Å²) in [4.78, 5) is 0. The van der Waals surface area contributed by atoms with Gasteiger partial charge in [0.25, 0.3) is 0 Å². The third kappa shape index (κ3) is 1.84. The first-order valence-corrected chi connectivity index (χ1v) is 6.46. The average molecular weight is 253 g/mol. The molecule has 18 heavy (non-hydrogen) atoms. The number of hydrogen-bond donors (Lipinski definition) is 1. The van der Waals surface area contributed by atoms with Crippen LogP contribution < -0.4 is 5.32 Å². The summed E-state index contributed by atoms with van der Waals surface area (Å²) < 4.78 is 32.7. The summed E-state index contributed by atoms with van der Waals surface area (Å²) in [6.07, 6.45) is 2.13. The first kappa shape index (κ1) is 12.1. The summed E-state index contributed by atoms with van der Waals surface area (Å²) >= 11 is 0. The first-order chi connectivity index (χ1) is 8.72. The molecule has 1 N–H and O–H groups in total. The highest BCUT2D eigenvalue weighted by Gasteiger charge is 2.48. The molecule has 0 amide bonds. The highest BCUT2D eigenvalue weighted by atomic mass is 19.1. The van der Waals surface area contributed by atoms with E-state index < -0.39 is 0 Å². The lowest BCUT2D eigenvalue weighted by Gasteiger charge is -2.49. The molecule has 0 radical (unpaired) electrons. The standard InChI is InChI=1S/C14H17F2NO/c15-11-3-4-13(16)12(6-11)14(8-18-9-14)10-2-1-5-17-7-10/h3-4,6,10,17H,1-2,5,7-9H2. The zero-order valence-corrected chi connectivity index (χ0v) is 10.2. The Labute approximate surface area is 105 Å². The Morgan fingerprint density at radius 1 is 1.28 bits per heavy atom. The van der Waals surface area contributed by atoms with Crippen molar-refractivity contribution >= 4 is 0 Å². The molecule has 1 aromatic rings. The maximum atomic E-state index is 14.0. The van der Waals surface area contributed by atoms with Crippen molar-refractivity contribution in [2.24, 2.45) is 5.92 Å². The van der Waals surface area contributed by atoms with Crippen LogP contribution in [0.1, 0.15) is 18.4 Å². The van der Waals surface area contributed by atoms with Gasteiger partial charge < -0.3 is 10.1 Å². The van der Waals surface area contributed by atoms with Crippen LogP contribution in [-0.2, 0) is 10.2 Å². The van der Waals surface area contributed by atoms with Crippen LogP contribution in [0.15, 0.2) is 18.2 Å². The fourth-order valence-electron chi connectivity index (χ4n) is 3.14. The van der Waals surface area contributed by atoms with Gasteiger partial charge in [0, 0.05) is 11.0 Å². The van der Waals surface area contributed by atoms with Crippen molar-refractivity contribution in [1.29, 1.82) is 0 Å². The van der Waals surface area contributed by atoms with Gasteiger partial charge in [-0.05, 0) is 50.0 Å². The first-order valence-electron chi connectivity index (χ1n) is 6.46. The predicted octanol–water partition coefficient (Wildman–Crippen LogP) is 2.23. The van der Waals surface area contributed by atoms with E-state index in [2.05, 4.69) is 5.32 Å². The molecule has 1 aromatic carbocycles. The van der Waals surface area contributed by atoms with E-state index in [1.54, 1.807) is 0 Å². The van der Waals surface area contributed by atoms with Crippen LogP contribution in [-0.4, -0.2) is 26.3 Å². The normalized spacial score (nSPS) is 26.7. The maximum Gasteiger partial charge on any atom is 0.127 e. The van der Waals surface area contributed by atoms with Crippen LogP contribution in [0.4, 0.5) is 8.78 Å². The zero-order chi connectivity index (χ0) is 12.6. The molecule has 0 aromatic heterocycles. The Morgan fingerprint density at radius 2 is 2.11 bits per heavy atom. The van der Waals surface area contributed by atoms with Gasteiger partial charge in [-0.2, -0.15) is 0 Å². The average Bonchev–Trinajstić information content (AvgIpc) is 2.34. The van der Waals surface area contributed by atoms with E-state index in [1.807, 2.05) is 0 Å². The lowest BCUT2D eigenvalue weighted by molar-refractivity contribution is -0.0964. The molecule has 2 aliphatic rings. The molecule has 1 unspecified atom stereocenters. The van der Waals surface area contributed by atoms with Crippen molar-refractivity contribution in [3.63, 3.8) is 0 Å². The summed E-state index contributed by atoms with van der Waals surface area (Å²) in [6.45, 7) is 2.87. The van der Waals surface area contributed by atoms with Gasteiger partial charge in [-0.15, -0.1) is 0 Å². The van der Waals surface area contributed by atoms with Gasteiger partial charge >= 0.3 is 0 Å². The Morgan fingerprint density at radius 3 is 2.72 bits per heavy atom. The molecule has 0 saturated carbocycles. The largest absolute Gasteiger partial charge is 0.379 e. The molecule has 2 saturated heterocycles. The SMILES string of the molecule is Fc1ccc(F)c(C2(C3CCCNC3)COC2)c1. The Bertz CT molecular complexity index is 439. The van der Waals surface area contributed by atoms with Crippen molar-refractivity contribution in [2.75, 3.05) is 26.3 Å². The van der Waals surface area contributed by atoms with Gasteiger partial charge in [-0.1, -0.05) is 0 Å². The van der Waals surface area contributed by atoms with Crippen LogP contribution in [0.5, 0.6) is 0 Å². The Kier molecular flexibility index (Phi) is 3.08. The third-order valence-corrected chi connectivity index (χ3v) is 4.26. The second-order valence-corrected chi connectivity index (χ2v) is 5.32. The van der Waals surface area contributed by atoms with E-state index in [4.69, 9.17) is 4.74 Å². The van der Waals surface area contributed by atoms with Gasteiger partial charge in [-0.25, -0.2) is 8.78 Å². The molecule has 0 bridgehead atoms. The molecule has 2 nitrogen and oxygen atoms in total. The van der Waals surface area contributed by atoms with E-state index in [0.29, 0.717) is 24.7 Å². The number of hydrogen-bond acceptors (Lipinski definition) is 2. The predicted molar refractivity (Wildman–Crippen MR) is 64.4 cm³/mol. The topological polar surface area (TPSA) is 21.3 Å². The molecule has 1 atom stereocenters. The number of nitrogens with one attached hydrogen (secondary N) is 1. The van der Waals surface area contributed by atoms with Crippen molar-refractivity contribution in [3.8, 4) is 0 Å². The number of ether oxygens (including phenoxy) is 1. The Balaban J connectivity index is 1.97. The number of rotatable bonds is 2. The summed E-state index contributed by atoms with van der Waals surface area (Å²) in [5, 5.41) is 3.34. The smallest absolute Gasteiger partial charge is 0.127 e. The monoisotopic (exact) mass is 253 g/mol. The van der Waals surface area contributed by atoms with E-state index in [9.17, 15) is 8.78 Å². The van der Waals surface area contributed by atoms with Gasteiger partial charge in [-0.3, -0.25) is 0 Å². The minimum Gasteiger partial charge on any atom is -0.379 e. The molecule has 3 rings (SSSR count). The Hall–Kier alpha value is -1.00. The van der Waals surface area contributed by atoms with Gasteiger partial charge in [0.05, 0.1) is 13.2 Å². The molecular weight excluding hydrogens is 236 g/mol. The second-order valence-electron chi connectivity index (χ2n) is 5.32. The molecule has 0 aliphatic carbocycles. The van der Waals surface area contributed by atoms with E-state index >= 15 is 0 Å². The molecular formula is C14H17F2NO. The van der Waals surface area contributed by atoms with Crippen LogP contribution in [0.25, 0.3) is 0 Å². The second kappa shape index (κ2) is 4.59. The molecule has 4 heteroatoms. The molecule has 2 aliphatic heterocycles. The molecule has 2 fully saturated rings. The van der Waals surface area contributed by atoms with Gasteiger partial charge in [0.1, 0.15) is 11.6 Å². The quantitative estimate of drug-likeness (QED) is 0.872. The minimum absolute atomic E-state index is 0.315. The van der Waals surface area contributed by atoms with E-state index in [1.165, 1.54) is 18.2 Å². The maximum absolute atomic E-state index is 14.0. The highest BCUT2D eigenvalue weighted by molar-refractivity contribution is 5.32. The van der Waals surface area contributed by atoms with Gasteiger partial charge in [0.2, 0.25) is 0 Å². The lowest BCUT2D eigenvalue weighted by atomic mass is 9.66. The van der Waals surface area contributed by atoms with Gasteiger partial charge in [0.15, 0.2) is 0 Å². The van der Waals surface area contributed by atoms with Crippen molar-refractivity contribution in [3.05, 3.63) is 35.4 Å². The van der Waals surface area contributed by atoms with E-state index in [-0.39, 0.29) is 17.0 Å². The van der Waals surface area contributed by atoms with Crippen LogP contribution >= 0.6 is 0 Å². The van der Waals surface area contributed by atoms with Crippen LogP contribution in [0, 0.1) is 17.6 Å². The van der Waals surface area contributed by atoms with Crippen LogP contribution in [0.3, 0.4) is 0 Å². The van der Waals surface area contributed by atoms with E-state index in [0.717, 1.165) is 25.9 Å². The number of benzene rings is 1. The minimum atomic E-state index is -0.374. The highest BCUT2D eigenvalue weighted by Crippen LogP contribution is 2.43. The third-order valence-electron chi connectivity index (χ3n) is 4.26. The van der Waals surface area contributed by atoms with Crippen molar-refractivity contribution in [2.45, 2.75) is 18.3 Å². The molecule has 2 heterocycles. The van der Waals surface area contributed by atoms with Crippen molar-refractivity contribution < 1.29 is 13.5 Å². The molecule has 98 valence electrons. The summed E-state index contributed by atoms with van der Waals surface area (Å²) in [5.41, 5.74) is 0.155. The summed E-state index contributed by atoms with van der Waals surface area (Å²) in [7, 11) is 0.